The van der Waals surface area contributed by atoms with E-state index in [0.29, 0.717) is 0 Å². The van der Waals surface area contributed by atoms with Crippen molar-refractivity contribution in [1.29, 1.82) is 0 Å². The van der Waals surface area contributed by atoms with Crippen molar-refractivity contribution >= 4 is 12.4 Å². The highest BCUT2D eigenvalue weighted by atomic mass is 35.5. The summed E-state index contributed by atoms with van der Waals surface area (Å²) in [5, 5.41) is 0. The van der Waals surface area contributed by atoms with Crippen molar-refractivity contribution in [1.82, 2.24) is 0 Å². The highest BCUT2D eigenvalue weighted by molar-refractivity contribution is 5.85. The van der Waals surface area contributed by atoms with Crippen LogP contribution in [0, 0.1) is 6.92 Å². The molecule has 16 heavy (non-hydrogen) atoms. The third-order valence-corrected chi connectivity index (χ3v) is 2.73. The minimum Gasteiger partial charge on any atom is -0.496 e. The van der Waals surface area contributed by atoms with Gasteiger partial charge in [-0.1, -0.05) is 31.9 Å². The molecule has 0 unspecified atom stereocenters. The van der Waals surface area contributed by atoms with Crippen LogP contribution in [0.4, 0.5) is 0 Å². The standard InChI is InChI=1S/C13H21NO.ClH/c1-4-5-6-12(14)11-8-7-10(2)13(9-11)15-3;/h7-9,12H,4-6,14H2,1-3H3;1H/t12-;/m0./s1. The van der Waals surface area contributed by atoms with Gasteiger partial charge in [0.15, 0.2) is 0 Å². The van der Waals surface area contributed by atoms with Crippen molar-refractivity contribution in [2.75, 3.05) is 7.11 Å². The lowest BCUT2D eigenvalue weighted by Gasteiger charge is -2.13. The van der Waals surface area contributed by atoms with Crippen LogP contribution in [0.15, 0.2) is 18.2 Å². The summed E-state index contributed by atoms with van der Waals surface area (Å²) in [5.74, 6) is 0.930. The van der Waals surface area contributed by atoms with Crippen molar-refractivity contribution < 1.29 is 4.74 Å². The summed E-state index contributed by atoms with van der Waals surface area (Å²) in [6.07, 6.45) is 3.41. The summed E-state index contributed by atoms with van der Waals surface area (Å²) in [5.41, 5.74) is 8.43. The molecule has 0 fully saturated rings. The van der Waals surface area contributed by atoms with E-state index in [0.717, 1.165) is 17.7 Å². The molecule has 0 aliphatic rings. The molecule has 0 radical (unpaired) electrons. The zero-order chi connectivity index (χ0) is 11.3. The highest BCUT2D eigenvalue weighted by Crippen LogP contribution is 2.24. The largest absolute Gasteiger partial charge is 0.496 e. The smallest absolute Gasteiger partial charge is 0.122 e. The molecule has 92 valence electrons. The average Bonchev–Trinajstić information content (AvgIpc) is 2.26. The molecule has 1 aromatic rings. The van der Waals surface area contributed by atoms with Crippen molar-refractivity contribution in [3.05, 3.63) is 29.3 Å². The van der Waals surface area contributed by atoms with E-state index in [9.17, 15) is 0 Å². The monoisotopic (exact) mass is 243 g/mol. The zero-order valence-corrected chi connectivity index (χ0v) is 11.1. The van der Waals surface area contributed by atoms with Crippen LogP contribution in [0.25, 0.3) is 0 Å². The molecule has 0 amide bonds. The van der Waals surface area contributed by atoms with Crippen LogP contribution in [-0.4, -0.2) is 7.11 Å². The molecule has 0 aliphatic heterocycles. The Morgan fingerprint density at radius 3 is 2.62 bits per heavy atom. The van der Waals surface area contributed by atoms with Gasteiger partial charge in [0.2, 0.25) is 0 Å². The minimum absolute atomic E-state index is 0. The molecule has 0 spiro atoms. The Kier molecular flexibility index (Phi) is 7.18. The van der Waals surface area contributed by atoms with Crippen molar-refractivity contribution in [2.24, 2.45) is 5.73 Å². The maximum atomic E-state index is 6.10. The molecule has 0 saturated carbocycles. The van der Waals surface area contributed by atoms with E-state index in [4.69, 9.17) is 10.5 Å². The molecule has 1 rings (SSSR count). The molecular weight excluding hydrogens is 222 g/mol. The van der Waals surface area contributed by atoms with Crippen LogP contribution in [0.1, 0.15) is 43.4 Å². The summed E-state index contributed by atoms with van der Waals surface area (Å²) in [7, 11) is 1.70. The second-order valence-electron chi connectivity index (χ2n) is 3.98. The molecule has 1 aromatic carbocycles. The van der Waals surface area contributed by atoms with Gasteiger partial charge in [0.05, 0.1) is 7.11 Å². The minimum atomic E-state index is 0. The Morgan fingerprint density at radius 1 is 1.38 bits per heavy atom. The molecule has 0 saturated heterocycles. The molecule has 3 heteroatoms. The van der Waals surface area contributed by atoms with Crippen LogP contribution in [-0.2, 0) is 0 Å². The average molecular weight is 244 g/mol. The number of halogens is 1. The number of methoxy groups -OCH3 is 1. The molecule has 0 aromatic heterocycles. The van der Waals surface area contributed by atoms with Gasteiger partial charge in [-0.2, -0.15) is 0 Å². The first-order chi connectivity index (χ1) is 7.19. The van der Waals surface area contributed by atoms with E-state index in [-0.39, 0.29) is 18.4 Å². The first-order valence-corrected chi connectivity index (χ1v) is 5.59. The predicted octanol–water partition coefficient (Wildman–Crippen LogP) is 3.62. The van der Waals surface area contributed by atoms with Crippen LogP contribution in [0.3, 0.4) is 0 Å². The van der Waals surface area contributed by atoms with Crippen molar-refractivity contribution in [3.8, 4) is 5.75 Å². The molecule has 0 heterocycles. The lowest BCUT2D eigenvalue weighted by Crippen LogP contribution is -2.10. The van der Waals surface area contributed by atoms with Crippen LogP contribution in [0.2, 0.25) is 0 Å². The number of benzene rings is 1. The van der Waals surface area contributed by atoms with E-state index in [2.05, 4.69) is 25.1 Å². The first kappa shape index (κ1) is 15.3. The predicted molar refractivity (Wildman–Crippen MR) is 71.4 cm³/mol. The van der Waals surface area contributed by atoms with Crippen molar-refractivity contribution in [2.45, 2.75) is 39.2 Å². The normalized spacial score (nSPS) is 11.8. The topological polar surface area (TPSA) is 35.2 Å². The van der Waals surface area contributed by atoms with Crippen LogP contribution < -0.4 is 10.5 Å². The number of nitrogens with two attached hydrogens (primary N) is 1. The molecule has 1 atom stereocenters. The second kappa shape index (κ2) is 7.53. The molecule has 0 aliphatic carbocycles. The highest BCUT2D eigenvalue weighted by Gasteiger charge is 2.07. The Labute approximate surface area is 105 Å². The quantitative estimate of drug-likeness (QED) is 0.858. The Morgan fingerprint density at radius 2 is 2.06 bits per heavy atom. The fourth-order valence-electron chi connectivity index (χ4n) is 1.66. The van der Waals surface area contributed by atoms with E-state index in [1.165, 1.54) is 18.4 Å². The van der Waals surface area contributed by atoms with E-state index in [1.54, 1.807) is 7.11 Å². The van der Waals surface area contributed by atoms with Gasteiger partial charge < -0.3 is 10.5 Å². The number of hydrogen-bond donors (Lipinski definition) is 1. The number of aryl methyl sites for hydroxylation is 1. The van der Waals surface area contributed by atoms with E-state index >= 15 is 0 Å². The third kappa shape index (κ3) is 4.03. The van der Waals surface area contributed by atoms with Crippen LogP contribution in [0.5, 0.6) is 5.75 Å². The molecule has 2 nitrogen and oxygen atoms in total. The van der Waals surface area contributed by atoms with Crippen molar-refractivity contribution in [3.63, 3.8) is 0 Å². The summed E-state index contributed by atoms with van der Waals surface area (Å²) >= 11 is 0. The fraction of sp³-hybridized carbons (Fsp3) is 0.538. The Balaban J connectivity index is 0.00000225. The number of hydrogen-bond acceptors (Lipinski definition) is 2. The third-order valence-electron chi connectivity index (χ3n) is 2.73. The Bertz CT molecular complexity index is 315. The first-order valence-electron chi connectivity index (χ1n) is 5.59. The lowest BCUT2D eigenvalue weighted by molar-refractivity contribution is 0.410. The number of ether oxygens (including phenoxy) is 1. The van der Waals surface area contributed by atoms with Gasteiger partial charge in [0, 0.05) is 6.04 Å². The van der Waals surface area contributed by atoms with Gasteiger partial charge in [-0.05, 0) is 30.5 Å². The van der Waals surface area contributed by atoms with Crippen LogP contribution >= 0.6 is 12.4 Å². The van der Waals surface area contributed by atoms with Gasteiger partial charge in [0.25, 0.3) is 0 Å². The van der Waals surface area contributed by atoms with Gasteiger partial charge in [-0.3, -0.25) is 0 Å². The van der Waals surface area contributed by atoms with Gasteiger partial charge in [-0.15, -0.1) is 12.4 Å². The SMILES string of the molecule is CCCC[C@H](N)c1ccc(C)c(OC)c1.Cl. The molecule has 2 N–H and O–H groups in total. The van der Waals surface area contributed by atoms with Gasteiger partial charge in [-0.25, -0.2) is 0 Å². The summed E-state index contributed by atoms with van der Waals surface area (Å²) < 4.78 is 5.28. The Hall–Kier alpha value is -0.730. The van der Waals surface area contributed by atoms with Gasteiger partial charge in [0.1, 0.15) is 5.75 Å². The molecular formula is C13H22ClNO. The lowest BCUT2D eigenvalue weighted by atomic mass is 10.0. The van der Waals surface area contributed by atoms with Gasteiger partial charge >= 0.3 is 0 Å². The molecule has 0 bridgehead atoms. The summed E-state index contributed by atoms with van der Waals surface area (Å²) in [6, 6.07) is 6.35. The zero-order valence-electron chi connectivity index (χ0n) is 10.3. The number of rotatable bonds is 5. The fourth-order valence-corrected chi connectivity index (χ4v) is 1.66. The van der Waals surface area contributed by atoms with E-state index in [1.807, 2.05) is 6.92 Å². The number of unbranched alkanes of at least 4 members (excludes halogenated alkanes) is 1. The summed E-state index contributed by atoms with van der Waals surface area (Å²) in [6.45, 7) is 4.22. The summed E-state index contributed by atoms with van der Waals surface area (Å²) in [4.78, 5) is 0. The second-order valence-corrected chi connectivity index (χ2v) is 3.98. The van der Waals surface area contributed by atoms with E-state index < -0.39 is 0 Å². The maximum Gasteiger partial charge on any atom is 0.122 e. The maximum absolute atomic E-state index is 6.10.